The SMILES string of the molecule is O=C(O)c1ccccc1/C=N\Nc1ccc(O)cc1. The average molecular weight is 256 g/mol. The van der Waals surface area contributed by atoms with E-state index in [-0.39, 0.29) is 11.3 Å². The Morgan fingerprint density at radius 3 is 2.47 bits per heavy atom. The Bertz CT molecular complexity index is 606. The van der Waals surface area contributed by atoms with E-state index in [1.165, 1.54) is 24.4 Å². The Balaban J connectivity index is 2.11. The van der Waals surface area contributed by atoms with Crippen molar-refractivity contribution in [3.63, 3.8) is 0 Å². The predicted molar refractivity (Wildman–Crippen MR) is 72.7 cm³/mol. The number of nitrogens with zero attached hydrogens (tertiary/aromatic N) is 1. The Labute approximate surface area is 109 Å². The van der Waals surface area contributed by atoms with Crippen LogP contribution < -0.4 is 5.43 Å². The zero-order valence-corrected chi connectivity index (χ0v) is 9.95. The van der Waals surface area contributed by atoms with E-state index in [4.69, 9.17) is 10.2 Å². The van der Waals surface area contributed by atoms with Crippen LogP contribution >= 0.6 is 0 Å². The molecule has 0 aliphatic carbocycles. The number of carboxylic acid groups (broad SMARTS) is 1. The van der Waals surface area contributed by atoms with Crippen LogP contribution in [0.4, 0.5) is 5.69 Å². The van der Waals surface area contributed by atoms with Crippen LogP contribution in [-0.4, -0.2) is 22.4 Å². The van der Waals surface area contributed by atoms with Gasteiger partial charge in [0.05, 0.1) is 17.5 Å². The number of phenolic OH excluding ortho intramolecular Hbond substituents is 1. The number of carboxylic acids is 1. The fourth-order valence-electron chi connectivity index (χ4n) is 1.52. The van der Waals surface area contributed by atoms with E-state index >= 15 is 0 Å². The highest BCUT2D eigenvalue weighted by Crippen LogP contribution is 2.13. The molecule has 0 saturated carbocycles. The van der Waals surface area contributed by atoms with Crippen LogP contribution in [0, 0.1) is 0 Å². The molecule has 0 aliphatic rings. The van der Waals surface area contributed by atoms with E-state index in [1.807, 2.05) is 0 Å². The Kier molecular flexibility index (Phi) is 3.78. The second kappa shape index (κ2) is 5.68. The molecule has 5 nitrogen and oxygen atoms in total. The highest BCUT2D eigenvalue weighted by atomic mass is 16.4. The summed E-state index contributed by atoms with van der Waals surface area (Å²) in [6.07, 6.45) is 1.44. The van der Waals surface area contributed by atoms with Gasteiger partial charge < -0.3 is 10.2 Å². The van der Waals surface area contributed by atoms with E-state index in [1.54, 1.807) is 30.3 Å². The summed E-state index contributed by atoms with van der Waals surface area (Å²) >= 11 is 0. The van der Waals surface area contributed by atoms with Gasteiger partial charge in [0.15, 0.2) is 0 Å². The molecule has 0 atom stereocenters. The van der Waals surface area contributed by atoms with Crippen molar-refractivity contribution in [2.24, 2.45) is 5.10 Å². The largest absolute Gasteiger partial charge is 0.508 e. The molecule has 2 aromatic carbocycles. The quantitative estimate of drug-likeness (QED) is 0.446. The van der Waals surface area contributed by atoms with Crippen molar-refractivity contribution >= 4 is 17.9 Å². The molecule has 0 aliphatic heterocycles. The van der Waals surface area contributed by atoms with Gasteiger partial charge in [0.1, 0.15) is 5.75 Å². The number of rotatable bonds is 4. The Hall–Kier alpha value is -2.82. The molecule has 0 saturated heterocycles. The van der Waals surface area contributed by atoms with Crippen molar-refractivity contribution < 1.29 is 15.0 Å². The summed E-state index contributed by atoms with van der Waals surface area (Å²) in [5, 5.41) is 22.1. The highest BCUT2D eigenvalue weighted by Gasteiger charge is 2.06. The molecule has 0 spiro atoms. The van der Waals surface area contributed by atoms with E-state index in [9.17, 15) is 4.79 Å². The predicted octanol–water partition coefficient (Wildman–Crippen LogP) is 2.54. The second-order valence-electron chi connectivity index (χ2n) is 3.81. The molecular formula is C14H12N2O3. The number of benzene rings is 2. The van der Waals surface area contributed by atoms with Crippen LogP contribution in [0.5, 0.6) is 5.75 Å². The fourth-order valence-corrected chi connectivity index (χ4v) is 1.52. The lowest BCUT2D eigenvalue weighted by atomic mass is 10.1. The number of aromatic hydroxyl groups is 1. The average Bonchev–Trinajstić information content (AvgIpc) is 2.41. The van der Waals surface area contributed by atoms with Crippen LogP contribution in [0.1, 0.15) is 15.9 Å². The number of phenols is 1. The van der Waals surface area contributed by atoms with Crippen molar-refractivity contribution in [2.75, 3.05) is 5.43 Å². The van der Waals surface area contributed by atoms with Gasteiger partial charge in [-0.1, -0.05) is 18.2 Å². The standard InChI is InChI=1S/C14H12N2O3/c17-12-7-5-11(6-8-12)16-15-9-10-3-1-2-4-13(10)14(18)19/h1-9,16-17H,(H,18,19)/b15-9-. The lowest BCUT2D eigenvalue weighted by molar-refractivity contribution is 0.0697. The first kappa shape index (κ1) is 12.6. The van der Waals surface area contributed by atoms with Gasteiger partial charge in [-0.05, 0) is 30.3 Å². The number of hydrogen-bond donors (Lipinski definition) is 3. The zero-order valence-electron chi connectivity index (χ0n) is 9.95. The van der Waals surface area contributed by atoms with Crippen LogP contribution in [0.15, 0.2) is 53.6 Å². The van der Waals surface area contributed by atoms with Crippen molar-refractivity contribution in [3.05, 3.63) is 59.7 Å². The van der Waals surface area contributed by atoms with Crippen LogP contribution in [0.3, 0.4) is 0 Å². The first-order chi connectivity index (χ1) is 9.16. The van der Waals surface area contributed by atoms with Crippen LogP contribution in [-0.2, 0) is 0 Å². The molecule has 0 radical (unpaired) electrons. The summed E-state index contributed by atoms with van der Waals surface area (Å²) in [7, 11) is 0. The second-order valence-corrected chi connectivity index (χ2v) is 3.81. The normalized spacial score (nSPS) is 10.5. The van der Waals surface area contributed by atoms with E-state index < -0.39 is 5.97 Å². The number of nitrogens with one attached hydrogen (secondary N) is 1. The van der Waals surface area contributed by atoms with Gasteiger partial charge in [0.2, 0.25) is 0 Å². The summed E-state index contributed by atoms with van der Waals surface area (Å²) < 4.78 is 0. The van der Waals surface area contributed by atoms with Gasteiger partial charge in [-0.2, -0.15) is 5.10 Å². The molecular weight excluding hydrogens is 244 g/mol. The maximum Gasteiger partial charge on any atom is 0.336 e. The topological polar surface area (TPSA) is 81.9 Å². The summed E-state index contributed by atoms with van der Waals surface area (Å²) in [5.74, 6) is -0.822. The van der Waals surface area contributed by atoms with Gasteiger partial charge >= 0.3 is 5.97 Å². The third kappa shape index (κ3) is 3.32. The molecule has 0 amide bonds. The summed E-state index contributed by atoms with van der Waals surface area (Å²) in [6.45, 7) is 0. The number of carbonyl (C=O) groups is 1. The van der Waals surface area contributed by atoms with Crippen LogP contribution in [0.2, 0.25) is 0 Å². The van der Waals surface area contributed by atoms with Gasteiger partial charge in [0.25, 0.3) is 0 Å². The minimum atomic E-state index is -0.994. The lowest BCUT2D eigenvalue weighted by Gasteiger charge is -2.01. The van der Waals surface area contributed by atoms with Crippen molar-refractivity contribution in [3.8, 4) is 5.75 Å². The van der Waals surface area contributed by atoms with Crippen molar-refractivity contribution in [2.45, 2.75) is 0 Å². The fraction of sp³-hybridized carbons (Fsp3) is 0. The van der Waals surface area contributed by atoms with Crippen LogP contribution in [0.25, 0.3) is 0 Å². The number of aromatic carboxylic acids is 1. The van der Waals surface area contributed by atoms with Crippen molar-refractivity contribution in [1.29, 1.82) is 0 Å². The molecule has 0 unspecified atom stereocenters. The molecule has 96 valence electrons. The molecule has 3 N–H and O–H groups in total. The lowest BCUT2D eigenvalue weighted by Crippen LogP contribution is -2.02. The third-order valence-electron chi connectivity index (χ3n) is 2.46. The summed E-state index contributed by atoms with van der Waals surface area (Å²) in [6, 6.07) is 13.0. The molecule has 0 bridgehead atoms. The van der Waals surface area contributed by atoms with Gasteiger partial charge in [-0.3, -0.25) is 5.43 Å². The minimum absolute atomic E-state index is 0.172. The first-order valence-electron chi connectivity index (χ1n) is 5.57. The molecule has 19 heavy (non-hydrogen) atoms. The number of hydrazone groups is 1. The molecule has 0 fully saturated rings. The smallest absolute Gasteiger partial charge is 0.336 e. The van der Waals surface area contributed by atoms with E-state index in [0.29, 0.717) is 11.3 Å². The summed E-state index contributed by atoms with van der Waals surface area (Å²) in [5.41, 5.74) is 4.16. The van der Waals surface area contributed by atoms with Gasteiger partial charge in [-0.15, -0.1) is 0 Å². The molecule has 2 aromatic rings. The Morgan fingerprint density at radius 2 is 1.79 bits per heavy atom. The Morgan fingerprint density at radius 1 is 1.11 bits per heavy atom. The van der Waals surface area contributed by atoms with Gasteiger partial charge in [0, 0.05) is 5.56 Å². The molecule has 0 aromatic heterocycles. The highest BCUT2D eigenvalue weighted by molar-refractivity contribution is 5.98. The van der Waals surface area contributed by atoms with Gasteiger partial charge in [-0.25, -0.2) is 4.79 Å². The zero-order chi connectivity index (χ0) is 13.7. The number of hydrogen-bond acceptors (Lipinski definition) is 4. The molecule has 0 heterocycles. The molecule has 5 heteroatoms. The third-order valence-corrected chi connectivity index (χ3v) is 2.46. The molecule has 2 rings (SSSR count). The monoisotopic (exact) mass is 256 g/mol. The first-order valence-corrected chi connectivity index (χ1v) is 5.57. The van der Waals surface area contributed by atoms with E-state index in [2.05, 4.69) is 10.5 Å². The summed E-state index contributed by atoms with van der Waals surface area (Å²) in [4.78, 5) is 11.0. The number of anilines is 1. The maximum atomic E-state index is 11.0. The van der Waals surface area contributed by atoms with E-state index in [0.717, 1.165) is 0 Å². The minimum Gasteiger partial charge on any atom is -0.508 e. The maximum absolute atomic E-state index is 11.0. The van der Waals surface area contributed by atoms with Crippen molar-refractivity contribution in [1.82, 2.24) is 0 Å².